The minimum atomic E-state index is 0.521. The van der Waals surface area contributed by atoms with Crippen molar-refractivity contribution in [3.8, 4) is 0 Å². The highest BCUT2D eigenvalue weighted by Crippen LogP contribution is 2.31. The average Bonchev–Trinajstić information content (AvgIpc) is 2.69. The van der Waals surface area contributed by atoms with Gasteiger partial charge in [-0.3, -0.25) is 0 Å². The van der Waals surface area contributed by atoms with E-state index in [0.29, 0.717) is 11.3 Å². The summed E-state index contributed by atoms with van der Waals surface area (Å²) in [5, 5.41) is 4.18. The Morgan fingerprint density at radius 2 is 2.31 bits per heavy atom. The minimum absolute atomic E-state index is 0.521. The number of nitrogens with one attached hydrogen (secondary N) is 1. The van der Waals surface area contributed by atoms with E-state index in [4.69, 9.17) is 5.73 Å². The van der Waals surface area contributed by atoms with Crippen LogP contribution in [0, 0.1) is 6.92 Å². The molecule has 2 atom stereocenters. The second kappa shape index (κ2) is 4.95. The van der Waals surface area contributed by atoms with E-state index in [1.54, 1.807) is 0 Å². The van der Waals surface area contributed by atoms with Gasteiger partial charge in [-0.15, -0.1) is 0 Å². The Balaban J connectivity index is 2.08. The van der Waals surface area contributed by atoms with Crippen molar-refractivity contribution in [2.45, 2.75) is 37.5 Å². The molecule has 0 saturated heterocycles. The zero-order valence-corrected chi connectivity index (χ0v) is 10.7. The highest BCUT2D eigenvalue weighted by molar-refractivity contribution is 7.99. The first-order valence-corrected chi connectivity index (χ1v) is 7.01. The van der Waals surface area contributed by atoms with Crippen molar-refractivity contribution < 1.29 is 0 Å². The van der Waals surface area contributed by atoms with E-state index in [1.807, 2.05) is 30.9 Å². The molecule has 1 fully saturated rings. The summed E-state index contributed by atoms with van der Waals surface area (Å²) in [5.41, 5.74) is 7.82. The molecule has 0 amide bonds. The van der Waals surface area contributed by atoms with Crippen LogP contribution in [0.2, 0.25) is 0 Å². The van der Waals surface area contributed by atoms with Crippen molar-refractivity contribution in [2.24, 2.45) is 0 Å². The summed E-state index contributed by atoms with van der Waals surface area (Å²) in [5.74, 6) is 0.844. The van der Waals surface area contributed by atoms with E-state index >= 15 is 0 Å². The molecule has 3 nitrogen and oxygen atoms in total. The van der Waals surface area contributed by atoms with Crippen LogP contribution in [0.3, 0.4) is 0 Å². The molecule has 4 heteroatoms. The lowest BCUT2D eigenvalue weighted by molar-refractivity contribution is 0.764. The molecule has 1 aromatic rings. The zero-order valence-electron chi connectivity index (χ0n) is 9.86. The summed E-state index contributed by atoms with van der Waals surface area (Å²) in [6.45, 7) is 2.01. The van der Waals surface area contributed by atoms with Crippen LogP contribution in [0.5, 0.6) is 0 Å². The lowest BCUT2D eigenvalue weighted by atomic mass is 10.2. The highest BCUT2D eigenvalue weighted by Gasteiger charge is 2.26. The Morgan fingerprint density at radius 1 is 1.50 bits per heavy atom. The monoisotopic (exact) mass is 237 g/mol. The maximum atomic E-state index is 5.95. The number of nitrogens with two attached hydrogens (primary N) is 1. The molecule has 1 aliphatic carbocycles. The third-order valence-corrected chi connectivity index (χ3v) is 4.30. The van der Waals surface area contributed by atoms with E-state index in [0.717, 1.165) is 17.1 Å². The van der Waals surface area contributed by atoms with Gasteiger partial charge >= 0.3 is 0 Å². The van der Waals surface area contributed by atoms with Crippen LogP contribution < -0.4 is 11.1 Å². The molecule has 1 heterocycles. The first kappa shape index (κ1) is 11.6. The predicted molar refractivity (Wildman–Crippen MR) is 72.0 cm³/mol. The largest absolute Gasteiger partial charge is 0.396 e. The van der Waals surface area contributed by atoms with Gasteiger partial charge in [-0.05, 0) is 37.7 Å². The highest BCUT2D eigenvalue weighted by atomic mass is 32.2. The molecule has 0 spiro atoms. The maximum absolute atomic E-state index is 5.95. The van der Waals surface area contributed by atoms with Gasteiger partial charge in [-0.2, -0.15) is 11.8 Å². The minimum Gasteiger partial charge on any atom is -0.396 e. The molecule has 1 aliphatic rings. The number of nitrogens with zero attached hydrogens (tertiary/aromatic N) is 1. The molecule has 0 bridgehead atoms. The molecule has 16 heavy (non-hydrogen) atoms. The molecule has 1 aromatic heterocycles. The van der Waals surface area contributed by atoms with E-state index < -0.39 is 0 Å². The number of aromatic nitrogens is 1. The first-order chi connectivity index (χ1) is 7.70. The summed E-state index contributed by atoms with van der Waals surface area (Å²) in [4.78, 5) is 4.36. The van der Waals surface area contributed by atoms with E-state index in [1.165, 1.54) is 19.3 Å². The van der Waals surface area contributed by atoms with Crippen molar-refractivity contribution in [3.05, 3.63) is 17.8 Å². The number of pyridine rings is 1. The van der Waals surface area contributed by atoms with Crippen molar-refractivity contribution >= 4 is 23.3 Å². The summed E-state index contributed by atoms with van der Waals surface area (Å²) >= 11 is 1.94. The molecule has 88 valence electrons. The van der Waals surface area contributed by atoms with Gasteiger partial charge in [0, 0.05) is 17.5 Å². The Labute approximate surface area is 101 Å². The van der Waals surface area contributed by atoms with Crippen LogP contribution >= 0.6 is 11.8 Å². The molecule has 2 rings (SSSR count). The third kappa shape index (κ3) is 2.43. The van der Waals surface area contributed by atoms with Crippen LogP contribution in [-0.2, 0) is 0 Å². The van der Waals surface area contributed by atoms with Crippen molar-refractivity contribution in [3.63, 3.8) is 0 Å². The maximum Gasteiger partial charge on any atom is 0.149 e. The van der Waals surface area contributed by atoms with E-state index in [-0.39, 0.29) is 0 Å². The van der Waals surface area contributed by atoms with Crippen LogP contribution in [0.1, 0.15) is 24.8 Å². The van der Waals surface area contributed by atoms with Gasteiger partial charge in [0.15, 0.2) is 0 Å². The first-order valence-electron chi connectivity index (χ1n) is 5.72. The normalized spacial score (nSPS) is 24.6. The molecular formula is C12H19N3S. The fourth-order valence-electron chi connectivity index (χ4n) is 2.26. The van der Waals surface area contributed by atoms with Crippen LogP contribution in [0.4, 0.5) is 11.5 Å². The number of nitrogen functional groups attached to an aromatic ring is 1. The Bertz CT molecular complexity index is 367. The number of aryl methyl sites for hydroxylation is 1. The summed E-state index contributed by atoms with van der Waals surface area (Å²) < 4.78 is 0. The van der Waals surface area contributed by atoms with Crippen LogP contribution in [-0.4, -0.2) is 22.5 Å². The number of hydrogen-bond acceptors (Lipinski definition) is 4. The van der Waals surface area contributed by atoms with Crippen molar-refractivity contribution in [2.75, 3.05) is 17.3 Å². The number of hydrogen-bond donors (Lipinski definition) is 2. The molecule has 2 unspecified atom stereocenters. The Kier molecular flexibility index (Phi) is 3.59. The van der Waals surface area contributed by atoms with Crippen molar-refractivity contribution in [1.29, 1.82) is 0 Å². The summed E-state index contributed by atoms with van der Waals surface area (Å²) in [7, 11) is 0. The molecule has 0 aliphatic heterocycles. The lowest BCUT2D eigenvalue weighted by Crippen LogP contribution is -2.26. The number of thioether (sulfide) groups is 1. The molecule has 0 aromatic carbocycles. The molecule has 1 saturated carbocycles. The van der Waals surface area contributed by atoms with Gasteiger partial charge in [0.1, 0.15) is 5.82 Å². The zero-order chi connectivity index (χ0) is 11.5. The predicted octanol–water partition coefficient (Wildman–Crippen LogP) is 2.67. The second-order valence-corrected chi connectivity index (χ2v) is 5.48. The van der Waals surface area contributed by atoms with Gasteiger partial charge < -0.3 is 11.1 Å². The van der Waals surface area contributed by atoms with Crippen LogP contribution in [0.15, 0.2) is 12.3 Å². The fourth-order valence-corrected chi connectivity index (χ4v) is 3.20. The third-order valence-electron chi connectivity index (χ3n) is 3.13. The van der Waals surface area contributed by atoms with Gasteiger partial charge in [0.05, 0.1) is 5.69 Å². The number of rotatable bonds is 3. The van der Waals surface area contributed by atoms with E-state index in [2.05, 4.69) is 16.6 Å². The fraction of sp³-hybridized carbons (Fsp3) is 0.583. The number of anilines is 2. The van der Waals surface area contributed by atoms with Crippen molar-refractivity contribution in [1.82, 2.24) is 4.98 Å². The lowest BCUT2D eigenvalue weighted by Gasteiger charge is -2.20. The quantitative estimate of drug-likeness (QED) is 0.848. The molecule has 3 N–H and O–H groups in total. The molecule has 0 radical (unpaired) electrons. The van der Waals surface area contributed by atoms with Gasteiger partial charge in [-0.1, -0.05) is 6.42 Å². The topological polar surface area (TPSA) is 50.9 Å². The Hall–Kier alpha value is -0.900. The van der Waals surface area contributed by atoms with Gasteiger partial charge in [0.25, 0.3) is 0 Å². The smallest absolute Gasteiger partial charge is 0.149 e. The molecular weight excluding hydrogens is 218 g/mol. The standard InChI is InChI=1S/C12H19N3S/c1-8-6-9(13)12(14-7-8)15-10-4-3-5-11(10)16-2/h6-7,10-11H,3-5,13H2,1-2H3,(H,14,15). The Morgan fingerprint density at radius 3 is 3.00 bits per heavy atom. The van der Waals surface area contributed by atoms with Gasteiger partial charge in [-0.25, -0.2) is 4.98 Å². The van der Waals surface area contributed by atoms with E-state index in [9.17, 15) is 0 Å². The summed E-state index contributed by atoms with van der Waals surface area (Å²) in [6.07, 6.45) is 7.86. The SMILES string of the molecule is CSC1CCCC1Nc1ncc(C)cc1N. The van der Waals surface area contributed by atoms with Crippen LogP contribution in [0.25, 0.3) is 0 Å². The second-order valence-electron chi connectivity index (χ2n) is 4.41. The van der Waals surface area contributed by atoms with Gasteiger partial charge in [0.2, 0.25) is 0 Å². The average molecular weight is 237 g/mol. The summed E-state index contributed by atoms with van der Waals surface area (Å²) in [6, 6.07) is 2.49.